The van der Waals surface area contributed by atoms with Gasteiger partial charge in [0.05, 0.1) is 0 Å². The molecule has 0 saturated heterocycles. The van der Waals surface area contributed by atoms with E-state index in [1.165, 1.54) is 196 Å². The van der Waals surface area contributed by atoms with Crippen molar-refractivity contribution >= 4 is 129 Å². The van der Waals surface area contributed by atoms with E-state index in [1.54, 1.807) is 0 Å². The molecule has 0 bridgehead atoms. The van der Waals surface area contributed by atoms with Crippen LogP contribution in [0.15, 0.2) is 291 Å². The third-order valence-electron chi connectivity index (χ3n) is 19.0. The molecule has 18 aromatic rings. The van der Waals surface area contributed by atoms with Gasteiger partial charge in [0.15, 0.2) is 0 Å². The first kappa shape index (κ1) is 63.8. The summed E-state index contributed by atoms with van der Waals surface area (Å²) in [7, 11) is 0. The number of benzene rings is 18. The Morgan fingerprint density at radius 3 is 0.344 bits per heavy atom. The van der Waals surface area contributed by atoms with Gasteiger partial charge >= 0.3 is 0 Å². The van der Waals surface area contributed by atoms with Gasteiger partial charge in [0.2, 0.25) is 0 Å². The number of fused-ring (bicyclic) bond motifs is 18. The zero-order valence-corrected chi connectivity index (χ0v) is 57.7. The van der Waals surface area contributed by atoms with Crippen molar-refractivity contribution < 1.29 is 0 Å². The molecule has 0 fully saturated rings. The average Bonchev–Trinajstić information content (AvgIpc) is 0.780. The van der Waals surface area contributed by atoms with E-state index in [4.69, 9.17) is 0 Å². The molecule has 0 aliphatic heterocycles. The first-order valence-corrected chi connectivity index (χ1v) is 34.8. The third-order valence-corrected chi connectivity index (χ3v) is 19.0. The molecule has 0 nitrogen and oxygen atoms in total. The van der Waals surface area contributed by atoms with Gasteiger partial charge in [0, 0.05) is 0 Å². The van der Waals surface area contributed by atoms with Crippen molar-refractivity contribution in [2.24, 2.45) is 0 Å². The normalized spacial score (nSPS) is 11.1. The lowest BCUT2D eigenvalue weighted by Gasteiger charge is -2.11. The maximum Gasteiger partial charge on any atom is -0.0105 e. The molecule has 0 N–H and O–H groups in total. The van der Waals surface area contributed by atoms with Crippen LogP contribution in [0.1, 0.15) is 77.6 Å². The quantitative estimate of drug-likeness (QED) is 0.154. The van der Waals surface area contributed by atoms with Crippen LogP contribution >= 0.6 is 0 Å². The van der Waals surface area contributed by atoms with Crippen molar-refractivity contribution in [3.05, 3.63) is 313 Å². The highest BCUT2D eigenvalue weighted by molar-refractivity contribution is 6.15. The van der Waals surface area contributed by atoms with E-state index in [0.29, 0.717) is 0 Å². The van der Waals surface area contributed by atoms with Crippen molar-refractivity contribution in [2.45, 2.75) is 83.1 Å². The number of rotatable bonds is 4. The van der Waals surface area contributed by atoms with E-state index in [2.05, 4.69) is 319 Å². The number of hydrogen-bond acceptors (Lipinski definition) is 0. The van der Waals surface area contributed by atoms with Crippen LogP contribution in [0, 0.1) is 27.7 Å². The van der Waals surface area contributed by atoms with Gasteiger partial charge in [-0.25, -0.2) is 0 Å². The van der Waals surface area contributed by atoms with Crippen LogP contribution < -0.4 is 0 Å². The van der Waals surface area contributed by atoms with Crippen molar-refractivity contribution in [3.8, 4) is 44.5 Å². The van der Waals surface area contributed by atoms with Gasteiger partial charge in [0.25, 0.3) is 0 Å². The second-order valence-corrected chi connectivity index (χ2v) is 24.8. The summed E-state index contributed by atoms with van der Waals surface area (Å²) < 4.78 is 0. The molecule has 468 valence electrons. The Morgan fingerprint density at radius 2 is 0.219 bits per heavy atom. The van der Waals surface area contributed by atoms with E-state index in [-0.39, 0.29) is 0 Å². The van der Waals surface area contributed by atoms with Gasteiger partial charge in [-0.05, 0) is 250 Å². The number of aryl methyl sites for hydroxylation is 4. The largest absolute Gasteiger partial charge is 0.0683 e. The standard InChI is InChI=1S/2C44H30.4C2H6/c2*1-27-3-15-39-33(21-27)5-7-35-23-29(11-17-41(35)39)31-13-19-43-37(25-31)9-10-38-26-32(14-20-44(38)43)30-12-18-42-36(24-30)8-6-34-22-28(2)4-16-40(34)42;4*1-2/h2*3-26H,1-2H3;4*1-2H3. The highest BCUT2D eigenvalue weighted by Gasteiger charge is 2.13. The average molecular weight is 1240 g/mol. The summed E-state index contributed by atoms with van der Waals surface area (Å²) >= 11 is 0. The second-order valence-electron chi connectivity index (χ2n) is 24.8. The summed E-state index contributed by atoms with van der Waals surface area (Å²) in [5.74, 6) is 0. The van der Waals surface area contributed by atoms with Gasteiger partial charge in [-0.1, -0.05) is 320 Å². The van der Waals surface area contributed by atoms with E-state index < -0.39 is 0 Å². The van der Waals surface area contributed by atoms with Gasteiger partial charge in [0.1, 0.15) is 0 Å². The molecule has 0 saturated carbocycles. The van der Waals surface area contributed by atoms with Crippen LogP contribution in [0.5, 0.6) is 0 Å². The molecule has 18 aromatic carbocycles. The molecule has 18 rings (SSSR count). The van der Waals surface area contributed by atoms with Gasteiger partial charge in [-0.2, -0.15) is 0 Å². The van der Waals surface area contributed by atoms with E-state index in [1.807, 2.05) is 55.4 Å². The fourth-order valence-corrected chi connectivity index (χ4v) is 14.3. The smallest absolute Gasteiger partial charge is 0.0105 e. The lowest BCUT2D eigenvalue weighted by Crippen LogP contribution is -1.85. The minimum absolute atomic E-state index is 1.25. The Morgan fingerprint density at radius 1 is 0.115 bits per heavy atom. The predicted octanol–water partition coefficient (Wildman–Crippen LogP) is 29.2. The first-order chi connectivity index (χ1) is 47.1. The molecule has 96 heavy (non-hydrogen) atoms. The minimum atomic E-state index is 1.25. The first-order valence-electron chi connectivity index (χ1n) is 34.8. The van der Waals surface area contributed by atoms with E-state index in [0.717, 1.165) is 0 Å². The lowest BCUT2D eigenvalue weighted by atomic mass is 9.93. The van der Waals surface area contributed by atoms with Crippen molar-refractivity contribution in [3.63, 3.8) is 0 Å². The molecule has 0 aliphatic rings. The molecule has 0 aliphatic carbocycles. The molecule has 0 radical (unpaired) electrons. The second kappa shape index (κ2) is 27.6. The van der Waals surface area contributed by atoms with Crippen LogP contribution in [0.2, 0.25) is 0 Å². The van der Waals surface area contributed by atoms with Crippen molar-refractivity contribution in [2.75, 3.05) is 0 Å². The summed E-state index contributed by atoms with van der Waals surface area (Å²) in [4.78, 5) is 0. The fraction of sp³-hybridized carbons (Fsp3) is 0.125. The molecule has 0 atom stereocenters. The molecular formula is C96H84. The Balaban J connectivity index is 0.000000158. The maximum atomic E-state index is 2.34. The number of hydrogen-bond donors (Lipinski definition) is 0. The van der Waals surface area contributed by atoms with Gasteiger partial charge < -0.3 is 0 Å². The zero-order valence-electron chi connectivity index (χ0n) is 57.7. The summed E-state index contributed by atoms with van der Waals surface area (Å²) in [6.07, 6.45) is 0. The Hall–Kier alpha value is -10.9. The molecule has 0 heterocycles. The van der Waals surface area contributed by atoms with Crippen molar-refractivity contribution in [1.29, 1.82) is 0 Å². The summed E-state index contributed by atoms with van der Waals surface area (Å²) in [5, 5.41) is 31.1. The SMILES string of the molecule is CC.CC.CC.CC.Cc1ccc2c(ccc3cc(-c4ccc5c(ccc6cc(-c7ccc8c(ccc9cc(C)ccc98)c7)ccc65)c4)ccc32)c1.Cc1ccc2c(ccc3cc(-c4ccc5c(ccc6cc(-c7ccc8c(ccc9cc(C)ccc98)c7)ccc65)c4)ccc32)c1. The molecule has 0 aromatic heterocycles. The van der Waals surface area contributed by atoms with Gasteiger partial charge in [-0.15, -0.1) is 0 Å². The van der Waals surface area contributed by atoms with Crippen LogP contribution in [-0.2, 0) is 0 Å². The predicted molar refractivity (Wildman–Crippen MR) is 429 cm³/mol. The van der Waals surface area contributed by atoms with Crippen LogP contribution in [0.25, 0.3) is 174 Å². The fourth-order valence-electron chi connectivity index (χ4n) is 14.3. The summed E-state index contributed by atoms with van der Waals surface area (Å²) in [6.45, 7) is 24.6. The Kier molecular flexibility index (Phi) is 18.3. The zero-order chi connectivity index (χ0) is 66.7. The van der Waals surface area contributed by atoms with Crippen LogP contribution in [0.3, 0.4) is 0 Å². The Labute approximate surface area is 566 Å². The maximum absolute atomic E-state index is 2.34. The van der Waals surface area contributed by atoms with Crippen LogP contribution in [-0.4, -0.2) is 0 Å². The summed E-state index contributed by atoms with van der Waals surface area (Å²) in [5.41, 5.74) is 15.2. The monoisotopic (exact) mass is 1240 g/mol. The molecule has 0 unspecified atom stereocenters. The topological polar surface area (TPSA) is 0 Å². The van der Waals surface area contributed by atoms with E-state index in [9.17, 15) is 0 Å². The lowest BCUT2D eigenvalue weighted by molar-refractivity contribution is 1.50. The highest BCUT2D eigenvalue weighted by atomic mass is 14.2. The molecule has 0 amide bonds. The summed E-state index contributed by atoms with van der Waals surface area (Å²) in [6, 6.07) is 109. The molecule has 0 spiro atoms. The Bertz CT molecular complexity index is 5240. The van der Waals surface area contributed by atoms with E-state index >= 15 is 0 Å². The third kappa shape index (κ3) is 12.1. The molecular weight excluding hydrogens is 1150 g/mol. The molecule has 0 heteroatoms. The minimum Gasteiger partial charge on any atom is -0.0683 e. The van der Waals surface area contributed by atoms with Crippen molar-refractivity contribution in [1.82, 2.24) is 0 Å². The van der Waals surface area contributed by atoms with Gasteiger partial charge in [-0.3, -0.25) is 0 Å². The highest BCUT2D eigenvalue weighted by Crippen LogP contribution is 2.40. The van der Waals surface area contributed by atoms with Crippen LogP contribution in [0.4, 0.5) is 0 Å².